The van der Waals surface area contributed by atoms with Crippen LogP contribution in [0, 0.1) is 20.2 Å². The molecule has 2 saturated heterocycles. The van der Waals surface area contributed by atoms with Gasteiger partial charge in [0.2, 0.25) is 5.91 Å². The number of nitrogens with one attached hydrogen (secondary N) is 1. The van der Waals surface area contributed by atoms with Crippen LogP contribution in [0.1, 0.15) is 25.7 Å². The van der Waals surface area contributed by atoms with Crippen LogP contribution >= 0.6 is 15.9 Å². The molecule has 0 saturated carbocycles. The molecule has 1 amide bonds. The molecule has 1 N–H and O–H groups in total. The fourth-order valence-corrected chi connectivity index (χ4v) is 5.02. The molecule has 0 aromatic heterocycles. The maximum atomic E-state index is 12.4. The quantitative estimate of drug-likeness (QED) is 0.213. The number of carbonyl (C=O) groups is 1. The molecule has 2 unspecified atom stereocenters. The number of halogens is 1. The molecule has 0 spiro atoms. The van der Waals surface area contributed by atoms with Crippen LogP contribution in [-0.4, -0.2) is 60.8 Å². The summed E-state index contributed by atoms with van der Waals surface area (Å²) >= 11 is 3.18. The van der Waals surface area contributed by atoms with Gasteiger partial charge in [0.25, 0.3) is 0 Å². The second kappa shape index (κ2) is 12.8. The molecule has 0 radical (unpaired) electrons. The Balaban J connectivity index is 1.69. The first kappa shape index (κ1) is 27.5. The zero-order valence-electron chi connectivity index (χ0n) is 20.5. The van der Waals surface area contributed by atoms with Crippen LogP contribution in [0.25, 0.3) is 0 Å². The van der Waals surface area contributed by atoms with Gasteiger partial charge in [-0.2, -0.15) is 5.11 Å². The number of nitro benzene ring substituents is 2. The summed E-state index contributed by atoms with van der Waals surface area (Å²) < 4.78 is 11.5. The van der Waals surface area contributed by atoms with Crippen molar-refractivity contribution in [2.24, 2.45) is 10.2 Å². The van der Waals surface area contributed by atoms with Crippen molar-refractivity contribution in [2.75, 3.05) is 43.1 Å². The number of hydrogen-bond acceptors (Lipinski definition) is 10. The average molecular weight is 591 g/mol. The van der Waals surface area contributed by atoms with Gasteiger partial charge in [0, 0.05) is 38.1 Å². The van der Waals surface area contributed by atoms with E-state index in [-0.39, 0.29) is 41.1 Å². The van der Waals surface area contributed by atoms with Gasteiger partial charge in [0.05, 0.1) is 26.5 Å². The van der Waals surface area contributed by atoms with Gasteiger partial charge in [-0.25, -0.2) is 0 Å². The number of azo groups is 1. The van der Waals surface area contributed by atoms with Gasteiger partial charge < -0.3 is 19.7 Å². The number of para-hydroxylation sites is 1. The molecule has 2 aromatic rings. The van der Waals surface area contributed by atoms with Crippen LogP contribution in [0.5, 0.6) is 0 Å². The number of nitro groups is 2. The molecule has 2 aliphatic heterocycles. The summed E-state index contributed by atoms with van der Waals surface area (Å²) in [7, 11) is 0. The van der Waals surface area contributed by atoms with Crippen molar-refractivity contribution < 1.29 is 24.1 Å². The highest BCUT2D eigenvalue weighted by molar-refractivity contribution is 9.10. The molecule has 13 nitrogen and oxygen atoms in total. The molecular weight excluding hydrogens is 564 g/mol. The second-order valence-corrected chi connectivity index (χ2v) is 9.78. The molecule has 2 aromatic carbocycles. The Kier molecular flexibility index (Phi) is 9.31. The Morgan fingerprint density at radius 2 is 1.68 bits per heavy atom. The monoisotopic (exact) mass is 590 g/mol. The number of nitrogens with zero attached hydrogens (tertiary/aromatic N) is 5. The smallest absolute Gasteiger partial charge is 0.328 e. The lowest BCUT2D eigenvalue weighted by Crippen LogP contribution is -2.38. The third-order valence-electron chi connectivity index (χ3n) is 6.21. The Bertz CT molecular complexity index is 1180. The molecule has 4 rings (SSSR count). The zero-order chi connectivity index (χ0) is 27.1. The summed E-state index contributed by atoms with van der Waals surface area (Å²) in [6.45, 7) is 1.17. The minimum Gasteiger partial charge on any atom is -0.376 e. The van der Waals surface area contributed by atoms with Gasteiger partial charge in [-0.05, 0) is 53.7 Å². The molecule has 0 aliphatic carbocycles. The molecule has 0 bridgehead atoms. The molecule has 202 valence electrons. The van der Waals surface area contributed by atoms with Crippen molar-refractivity contribution in [3.63, 3.8) is 0 Å². The van der Waals surface area contributed by atoms with E-state index < -0.39 is 33.7 Å². The van der Waals surface area contributed by atoms with Crippen LogP contribution < -0.4 is 10.2 Å². The van der Waals surface area contributed by atoms with E-state index in [0.29, 0.717) is 18.9 Å². The highest BCUT2D eigenvalue weighted by Crippen LogP contribution is 2.49. The SMILES string of the molecule is O=C(CN=Nc1c(Br)cc([N+](=O)[O-])c(N(CC2CCCO2)CC2CCCO2)c1[N+](=O)[O-])Nc1ccccc1. The Morgan fingerprint density at radius 3 is 2.21 bits per heavy atom. The lowest BCUT2D eigenvalue weighted by Gasteiger charge is -2.29. The number of rotatable bonds is 11. The third-order valence-corrected chi connectivity index (χ3v) is 6.82. The van der Waals surface area contributed by atoms with Crippen LogP contribution in [0.3, 0.4) is 0 Å². The Morgan fingerprint density at radius 1 is 1.05 bits per heavy atom. The minimum atomic E-state index is -0.705. The Hall–Kier alpha value is -3.49. The first-order valence-electron chi connectivity index (χ1n) is 12.2. The normalized spacial score (nSPS) is 19.1. The van der Waals surface area contributed by atoms with Crippen LogP contribution in [0.4, 0.5) is 28.4 Å². The lowest BCUT2D eigenvalue weighted by molar-refractivity contribution is -0.392. The molecule has 2 fully saturated rings. The molecule has 2 heterocycles. The number of carbonyl (C=O) groups excluding carboxylic acids is 1. The zero-order valence-corrected chi connectivity index (χ0v) is 22.0. The fourth-order valence-electron chi connectivity index (χ4n) is 4.54. The van der Waals surface area contributed by atoms with Crippen LogP contribution in [-0.2, 0) is 14.3 Å². The van der Waals surface area contributed by atoms with Crippen molar-refractivity contribution in [1.82, 2.24) is 0 Å². The van der Waals surface area contributed by atoms with Gasteiger partial charge in [-0.15, -0.1) is 5.11 Å². The van der Waals surface area contributed by atoms with Gasteiger partial charge in [-0.3, -0.25) is 25.0 Å². The van der Waals surface area contributed by atoms with E-state index >= 15 is 0 Å². The minimum absolute atomic E-state index is 0.0149. The van der Waals surface area contributed by atoms with Crippen molar-refractivity contribution in [1.29, 1.82) is 0 Å². The summed E-state index contributed by atoms with van der Waals surface area (Å²) in [5, 5.41) is 35.0. The van der Waals surface area contributed by atoms with Gasteiger partial charge in [-0.1, -0.05) is 18.2 Å². The van der Waals surface area contributed by atoms with Gasteiger partial charge in [0.1, 0.15) is 6.54 Å². The maximum absolute atomic E-state index is 12.4. The number of ether oxygens (including phenoxy) is 2. The molecule has 38 heavy (non-hydrogen) atoms. The summed E-state index contributed by atoms with van der Waals surface area (Å²) in [6, 6.07) is 9.91. The van der Waals surface area contributed by atoms with E-state index in [4.69, 9.17) is 9.47 Å². The van der Waals surface area contributed by atoms with E-state index in [1.54, 1.807) is 35.2 Å². The van der Waals surface area contributed by atoms with Gasteiger partial charge in [0.15, 0.2) is 11.4 Å². The highest BCUT2D eigenvalue weighted by Gasteiger charge is 2.38. The predicted molar refractivity (Wildman–Crippen MR) is 142 cm³/mol. The standard InChI is InChI=1S/C24H27BrN6O7/c25-19-12-20(30(33)34)23(29(14-17-8-4-10-37-17)15-18-9-5-11-38-18)24(31(35)36)22(19)28-26-13-21(32)27-16-6-2-1-3-7-16/h1-3,6-7,12,17-18H,4-5,8-11,13-15H2,(H,27,32). The van der Waals surface area contributed by atoms with Crippen molar-refractivity contribution in [3.8, 4) is 0 Å². The molecule has 2 atom stereocenters. The summed E-state index contributed by atoms with van der Waals surface area (Å²) in [4.78, 5) is 37.0. The number of hydrogen-bond donors (Lipinski definition) is 1. The summed E-state index contributed by atoms with van der Waals surface area (Å²) in [6.07, 6.45) is 2.70. The Labute approximate surface area is 226 Å². The number of amides is 1. The lowest BCUT2D eigenvalue weighted by atomic mass is 10.1. The fraction of sp³-hybridized carbons (Fsp3) is 0.458. The van der Waals surface area contributed by atoms with E-state index in [2.05, 4.69) is 31.5 Å². The second-order valence-electron chi connectivity index (χ2n) is 8.93. The van der Waals surface area contributed by atoms with Crippen LogP contribution in [0.2, 0.25) is 0 Å². The highest BCUT2D eigenvalue weighted by atomic mass is 79.9. The molecule has 2 aliphatic rings. The van der Waals surface area contributed by atoms with Crippen molar-refractivity contribution >= 4 is 50.3 Å². The van der Waals surface area contributed by atoms with Crippen LogP contribution in [0.15, 0.2) is 51.1 Å². The van der Waals surface area contributed by atoms with Gasteiger partial charge >= 0.3 is 11.4 Å². The summed E-state index contributed by atoms with van der Waals surface area (Å²) in [5.74, 6) is -0.473. The molecule has 14 heteroatoms. The van der Waals surface area contributed by atoms with E-state index in [1.165, 1.54) is 6.07 Å². The average Bonchev–Trinajstić information content (AvgIpc) is 3.59. The van der Waals surface area contributed by atoms with Crippen molar-refractivity contribution in [3.05, 3.63) is 61.1 Å². The topological polar surface area (TPSA) is 162 Å². The summed E-state index contributed by atoms with van der Waals surface area (Å²) in [5.41, 5.74) is -0.851. The van der Waals surface area contributed by atoms with E-state index in [1.807, 2.05) is 0 Å². The number of anilines is 2. The largest absolute Gasteiger partial charge is 0.376 e. The van der Waals surface area contributed by atoms with E-state index in [0.717, 1.165) is 25.7 Å². The first-order valence-corrected chi connectivity index (χ1v) is 13.0. The third kappa shape index (κ3) is 6.88. The molecular formula is C24H27BrN6O7. The maximum Gasteiger partial charge on any atom is 0.328 e. The van der Waals surface area contributed by atoms with Crippen molar-refractivity contribution in [2.45, 2.75) is 37.9 Å². The predicted octanol–water partition coefficient (Wildman–Crippen LogP) is 5.15. The number of benzene rings is 2. The first-order chi connectivity index (χ1) is 18.3. The van der Waals surface area contributed by atoms with E-state index in [9.17, 15) is 25.0 Å².